The first-order valence-electron chi connectivity index (χ1n) is 10.8. The largest absolute Gasteiger partial charge is 0.497 e. The molecule has 0 unspecified atom stereocenters. The number of ether oxygens (including phenoxy) is 1. The molecule has 1 fully saturated rings. The number of amides is 2. The zero-order chi connectivity index (χ0) is 24.2. The molecule has 7 nitrogen and oxygen atoms in total. The first kappa shape index (κ1) is 23.3. The van der Waals surface area contributed by atoms with Crippen molar-refractivity contribution in [2.75, 3.05) is 26.1 Å². The highest BCUT2D eigenvalue weighted by atomic mass is 35.5. The van der Waals surface area contributed by atoms with E-state index in [4.69, 9.17) is 16.3 Å². The summed E-state index contributed by atoms with van der Waals surface area (Å²) < 4.78 is 7.01. The Labute approximate surface area is 203 Å². The van der Waals surface area contributed by atoms with E-state index in [1.54, 1.807) is 36.1 Å². The summed E-state index contributed by atoms with van der Waals surface area (Å²) in [6.45, 7) is 0. The lowest BCUT2D eigenvalue weighted by atomic mass is 9.99. The average molecular weight is 478 g/mol. The van der Waals surface area contributed by atoms with Crippen molar-refractivity contribution in [3.8, 4) is 5.75 Å². The van der Waals surface area contributed by atoms with Gasteiger partial charge in [0.05, 0.1) is 7.11 Å². The van der Waals surface area contributed by atoms with Crippen LogP contribution in [0.4, 0.5) is 5.69 Å². The predicted molar refractivity (Wildman–Crippen MR) is 133 cm³/mol. The molecule has 174 valence electrons. The fourth-order valence-corrected chi connectivity index (χ4v) is 3.95. The van der Waals surface area contributed by atoms with Crippen LogP contribution < -0.4 is 20.4 Å². The maximum absolute atomic E-state index is 13.0. The van der Waals surface area contributed by atoms with Crippen molar-refractivity contribution >= 4 is 35.3 Å². The van der Waals surface area contributed by atoms with E-state index in [0.717, 1.165) is 16.8 Å². The SMILES string of the molecule is COc1ccc([C@@H]2[C@H](NC(=O)c3ccc(Cl)cc3)C(=O)N/[N+]2=C\c2ccc(N(C)C)cc2)cc1. The van der Waals surface area contributed by atoms with Gasteiger partial charge in [-0.25, -0.2) is 0 Å². The molecular formula is C26H26ClN4O3+. The van der Waals surface area contributed by atoms with Crippen LogP contribution in [0.5, 0.6) is 5.75 Å². The van der Waals surface area contributed by atoms with Crippen molar-refractivity contribution in [1.29, 1.82) is 0 Å². The van der Waals surface area contributed by atoms with Gasteiger partial charge in [-0.2, -0.15) is 0 Å². The second-order valence-electron chi connectivity index (χ2n) is 8.17. The maximum atomic E-state index is 13.0. The molecule has 0 radical (unpaired) electrons. The van der Waals surface area contributed by atoms with Crippen LogP contribution in [0.3, 0.4) is 0 Å². The van der Waals surface area contributed by atoms with Crippen LogP contribution in [0.25, 0.3) is 0 Å². The summed E-state index contributed by atoms with van der Waals surface area (Å²) in [5.74, 6) is 0.0504. The molecule has 0 aliphatic carbocycles. The lowest BCUT2D eigenvalue weighted by Gasteiger charge is -2.15. The number of hydrazine groups is 1. The van der Waals surface area contributed by atoms with Crippen LogP contribution in [0, 0.1) is 0 Å². The van der Waals surface area contributed by atoms with Crippen LogP contribution in [0.1, 0.15) is 27.5 Å². The number of hydrogen-bond donors (Lipinski definition) is 2. The van der Waals surface area contributed by atoms with E-state index in [1.807, 2.05) is 73.7 Å². The molecule has 4 rings (SSSR count). The zero-order valence-electron chi connectivity index (χ0n) is 19.2. The number of rotatable bonds is 6. The van der Waals surface area contributed by atoms with E-state index in [9.17, 15) is 9.59 Å². The Balaban J connectivity index is 1.68. The highest BCUT2D eigenvalue weighted by molar-refractivity contribution is 6.30. The predicted octanol–water partition coefficient (Wildman–Crippen LogP) is 3.43. The Morgan fingerprint density at radius 2 is 1.68 bits per heavy atom. The van der Waals surface area contributed by atoms with Gasteiger partial charge in [-0.05, 0) is 72.8 Å². The van der Waals surface area contributed by atoms with Crippen molar-refractivity contribution < 1.29 is 19.0 Å². The Morgan fingerprint density at radius 1 is 1.03 bits per heavy atom. The molecular weight excluding hydrogens is 452 g/mol. The highest BCUT2D eigenvalue weighted by Gasteiger charge is 2.47. The van der Waals surface area contributed by atoms with E-state index >= 15 is 0 Å². The minimum absolute atomic E-state index is 0.302. The number of halogens is 1. The van der Waals surface area contributed by atoms with Gasteiger partial charge in [-0.15, -0.1) is 10.1 Å². The molecule has 0 spiro atoms. The first-order chi connectivity index (χ1) is 16.4. The number of benzene rings is 3. The summed E-state index contributed by atoms with van der Waals surface area (Å²) in [7, 11) is 5.56. The van der Waals surface area contributed by atoms with Gasteiger partial charge in [-0.3, -0.25) is 9.59 Å². The summed E-state index contributed by atoms with van der Waals surface area (Å²) in [5, 5.41) is 3.42. The van der Waals surface area contributed by atoms with Crippen molar-refractivity contribution in [2.24, 2.45) is 0 Å². The van der Waals surface area contributed by atoms with Gasteiger partial charge in [0.25, 0.3) is 5.91 Å². The minimum atomic E-state index is -0.811. The number of hydrazone groups is 1. The summed E-state index contributed by atoms with van der Waals surface area (Å²) in [6.07, 6.45) is 1.86. The molecule has 2 atom stereocenters. The molecule has 1 heterocycles. The van der Waals surface area contributed by atoms with E-state index in [1.165, 1.54) is 0 Å². The molecule has 3 aromatic carbocycles. The summed E-state index contributed by atoms with van der Waals surface area (Å²) in [6, 6.07) is 20.7. The average Bonchev–Trinajstić information content (AvgIpc) is 3.14. The Hall–Kier alpha value is -3.84. The van der Waals surface area contributed by atoms with Crippen LogP contribution in [0.15, 0.2) is 72.8 Å². The maximum Gasteiger partial charge on any atom is 0.304 e. The van der Waals surface area contributed by atoms with E-state index < -0.39 is 12.1 Å². The number of anilines is 1. The summed E-state index contributed by atoms with van der Waals surface area (Å²) in [5.41, 5.74) is 6.15. The van der Waals surface area contributed by atoms with Gasteiger partial charge in [-0.1, -0.05) is 11.6 Å². The zero-order valence-corrected chi connectivity index (χ0v) is 19.9. The third-order valence-electron chi connectivity index (χ3n) is 5.69. The molecule has 3 aromatic rings. The quantitative estimate of drug-likeness (QED) is 0.533. The van der Waals surface area contributed by atoms with Gasteiger partial charge in [0.15, 0.2) is 6.04 Å². The lowest BCUT2D eigenvalue weighted by Crippen LogP contribution is -2.42. The molecule has 34 heavy (non-hydrogen) atoms. The van der Waals surface area contributed by atoms with Gasteiger partial charge in [0.2, 0.25) is 12.3 Å². The van der Waals surface area contributed by atoms with Crippen molar-refractivity contribution in [1.82, 2.24) is 10.7 Å². The number of hydrogen-bond acceptors (Lipinski definition) is 4. The third-order valence-corrected chi connectivity index (χ3v) is 5.94. The number of carbonyl (C=O) groups is 2. The Kier molecular flexibility index (Phi) is 6.84. The summed E-state index contributed by atoms with van der Waals surface area (Å²) >= 11 is 5.94. The van der Waals surface area contributed by atoms with Gasteiger partial charge in [0.1, 0.15) is 5.75 Å². The Morgan fingerprint density at radius 3 is 2.26 bits per heavy atom. The second kappa shape index (κ2) is 9.97. The molecule has 8 heteroatoms. The topological polar surface area (TPSA) is 73.7 Å². The monoisotopic (exact) mass is 477 g/mol. The van der Waals surface area contributed by atoms with E-state index in [0.29, 0.717) is 16.3 Å². The van der Waals surface area contributed by atoms with Crippen LogP contribution in [0.2, 0.25) is 5.02 Å². The van der Waals surface area contributed by atoms with E-state index in [2.05, 4.69) is 10.7 Å². The van der Waals surface area contributed by atoms with Gasteiger partial charge in [0, 0.05) is 41.5 Å². The smallest absolute Gasteiger partial charge is 0.304 e. The van der Waals surface area contributed by atoms with Crippen molar-refractivity contribution in [3.63, 3.8) is 0 Å². The van der Waals surface area contributed by atoms with Gasteiger partial charge >= 0.3 is 5.91 Å². The third kappa shape index (κ3) is 5.05. The van der Waals surface area contributed by atoms with Gasteiger partial charge < -0.3 is 15.0 Å². The number of methoxy groups -OCH3 is 1. The van der Waals surface area contributed by atoms with Crippen LogP contribution in [-0.2, 0) is 4.79 Å². The standard InChI is InChI=1S/C26H25ClN4O3/c1-30(2)21-12-4-17(5-13-21)16-31-24(18-8-14-22(34-3)15-9-18)23(26(33)29-31)28-25(32)19-6-10-20(27)11-7-19/h4-16,23-24H,1-3H3,(H-,28,29,32,33)/p+1/t23-,24+/m0/s1. The molecule has 0 aromatic heterocycles. The van der Waals surface area contributed by atoms with Crippen molar-refractivity contribution in [3.05, 3.63) is 94.5 Å². The molecule has 1 saturated heterocycles. The molecule has 0 saturated carbocycles. The fourth-order valence-electron chi connectivity index (χ4n) is 3.83. The molecule has 1 aliphatic heterocycles. The molecule has 2 N–H and O–H groups in total. The first-order valence-corrected chi connectivity index (χ1v) is 11.1. The normalized spacial score (nSPS) is 18.5. The number of nitrogens with one attached hydrogen (secondary N) is 2. The van der Waals surface area contributed by atoms with Crippen LogP contribution in [-0.4, -0.2) is 50.0 Å². The fraction of sp³-hybridized carbons (Fsp3) is 0.192. The number of nitrogens with zero attached hydrogens (tertiary/aromatic N) is 2. The summed E-state index contributed by atoms with van der Waals surface area (Å²) in [4.78, 5) is 27.9. The molecule has 2 amide bonds. The van der Waals surface area contributed by atoms with Crippen molar-refractivity contribution in [2.45, 2.75) is 12.1 Å². The minimum Gasteiger partial charge on any atom is -0.497 e. The second-order valence-corrected chi connectivity index (χ2v) is 8.61. The molecule has 1 aliphatic rings. The molecule has 0 bridgehead atoms. The lowest BCUT2D eigenvalue weighted by molar-refractivity contribution is -0.596. The highest BCUT2D eigenvalue weighted by Crippen LogP contribution is 2.27. The number of carbonyl (C=O) groups excluding carboxylic acids is 2. The Bertz CT molecular complexity index is 1210. The van der Waals surface area contributed by atoms with Crippen LogP contribution >= 0.6 is 11.6 Å². The van der Waals surface area contributed by atoms with E-state index in [-0.39, 0.29) is 11.8 Å².